The van der Waals surface area contributed by atoms with Crippen LogP contribution in [0.4, 0.5) is 11.4 Å². The molecule has 0 fully saturated rings. The molecule has 106 valence electrons. The maximum absolute atomic E-state index is 11.7. The van der Waals surface area contributed by atoms with Crippen LogP contribution in [-0.2, 0) is 4.74 Å². The Morgan fingerprint density at radius 1 is 1.55 bits per heavy atom. The van der Waals surface area contributed by atoms with Crippen molar-refractivity contribution in [1.29, 1.82) is 0 Å². The van der Waals surface area contributed by atoms with E-state index >= 15 is 0 Å². The fourth-order valence-corrected chi connectivity index (χ4v) is 1.49. The van der Waals surface area contributed by atoms with Gasteiger partial charge in [-0.1, -0.05) is 5.92 Å². The number of nitro groups is 1. The molecule has 0 saturated heterocycles. The Morgan fingerprint density at radius 2 is 2.30 bits per heavy atom. The lowest BCUT2D eigenvalue weighted by molar-refractivity contribution is -0.384. The molecule has 2 N–H and O–H groups in total. The summed E-state index contributed by atoms with van der Waals surface area (Å²) >= 11 is 0. The lowest BCUT2D eigenvalue weighted by atomic mass is 10.1. The van der Waals surface area contributed by atoms with Crippen molar-refractivity contribution in [3.63, 3.8) is 0 Å². The predicted octanol–water partition coefficient (Wildman–Crippen LogP) is 1.02. The van der Waals surface area contributed by atoms with E-state index < -0.39 is 10.8 Å². The molecule has 0 radical (unpaired) electrons. The normalized spacial score (nSPS) is 9.60. The Balaban J connectivity index is 2.92. The summed E-state index contributed by atoms with van der Waals surface area (Å²) in [6.45, 7) is 0.919. The Bertz CT molecular complexity index is 537. The summed E-state index contributed by atoms with van der Waals surface area (Å²) in [7, 11) is 1.54. The van der Waals surface area contributed by atoms with Crippen LogP contribution >= 0.6 is 0 Å². The van der Waals surface area contributed by atoms with E-state index in [1.54, 1.807) is 0 Å². The number of rotatable bonds is 7. The van der Waals surface area contributed by atoms with E-state index in [1.165, 1.54) is 25.3 Å². The van der Waals surface area contributed by atoms with E-state index in [-0.39, 0.29) is 17.8 Å². The largest absolute Gasteiger partial charge is 0.383 e. The minimum absolute atomic E-state index is 0.0699. The van der Waals surface area contributed by atoms with E-state index in [9.17, 15) is 14.9 Å². The summed E-state index contributed by atoms with van der Waals surface area (Å²) in [5, 5.41) is 16.3. The third kappa shape index (κ3) is 4.26. The number of anilines is 1. The lowest BCUT2D eigenvalue weighted by Gasteiger charge is -2.08. The first kappa shape index (κ1) is 15.5. The van der Waals surface area contributed by atoms with Gasteiger partial charge in [-0.25, -0.2) is 0 Å². The predicted molar refractivity (Wildman–Crippen MR) is 74.6 cm³/mol. The minimum Gasteiger partial charge on any atom is -0.383 e. The van der Waals surface area contributed by atoms with Gasteiger partial charge in [-0.05, 0) is 12.1 Å². The Kier molecular flexibility index (Phi) is 6.00. The molecule has 0 spiro atoms. The number of methoxy groups -OCH3 is 1. The van der Waals surface area contributed by atoms with Gasteiger partial charge in [0.05, 0.1) is 18.1 Å². The van der Waals surface area contributed by atoms with Gasteiger partial charge in [-0.3, -0.25) is 14.9 Å². The molecular weight excluding hydrogens is 262 g/mol. The van der Waals surface area contributed by atoms with Gasteiger partial charge >= 0.3 is 0 Å². The molecule has 1 rings (SSSR count). The van der Waals surface area contributed by atoms with Gasteiger partial charge in [-0.2, -0.15) is 0 Å². The summed E-state index contributed by atoms with van der Waals surface area (Å²) in [5.74, 6) is 1.81. The number of nitro benzene ring substituents is 1. The minimum atomic E-state index is -0.549. The van der Waals surface area contributed by atoms with Crippen molar-refractivity contribution in [1.82, 2.24) is 5.32 Å². The second kappa shape index (κ2) is 7.76. The van der Waals surface area contributed by atoms with Crippen LogP contribution in [0, 0.1) is 22.5 Å². The summed E-state index contributed by atoms with van der Waals surface area (Å²) < 4.78 is 4.85. The summed E-state index contributed by atoms with van der Waals surface area (Å²) in [5.41, 5.74) is 0.347. The zero-order valence-corrected chi connectivity index (χ0v) is 11.0. The summed E-state index contributed by atoms with van der Waals surface area (Å²) in [4.78, 5) is 22.1. The quantitative estimate of drug-likeness (QED) is 0.336. The number of hydrogen-bond donors (Lipinski definition) is 2. The number of ether oxygens (including phenoxy) is 1. The number of nitrogens with zero attached hydrogens (tertiary/aromatic N) is 1. The van der Waals surface area contributed by atoms with Gasteiger partial charge in [0.2, 0.25) is 0 Å². The number of terminal acetylenes is 1. The first-order valence-electron chi connectivity index (χ1n) is 5.83. The van der Waals surface area contributed by atoms with E-state index in [4.69, 9.17) is 11.2 Å². The van der Waals surface area contributed by atoms with Gasteiger partial charge in [0, 0.05) is 25.3 Å². The van der Waals surface area contributed by atoms with Gasteiger partial charge in [0.25, 0.3) is 11.6 Å². The molecule has 1 aromatic rings. The van der Waals surface area contributed by atoms with Crippen molar-refractivity contribution >= 4 is 17.3 Å². The van der Waals surface area contributed by atoms with E-state index in [1.807, 2.05) is 0 Å². The number of amides is 1. The third-order valence-electron chi connectivity index (χ3n) is 2.43. The molecule has 7 heteroatoms. The number of hydrogen-bond acceptors (Lipinski definition) is 5. The average molecular weight is 277 g/mol. The maximum atomic E-state index is 11.7. The molecule has 0 heterocycles. The molecule has 0 aliphatic rings. The van der Waals surface area contributed by atoms with Gasteiger partial charge in [0.15, 0.2) is 0 Å². The second-order valence-electron chi connectivity index (χ2n) is 3.80. The summed E-state index contributed by atoms with van der Waals surface area (Å²) in [6, 6.07) is 4.19. The highest BCUT2D eigenvalue weighted by Crippen LogP contribution is 2.25. The SMILES string of the molecule is C#CCNC(=O)c1ccc(NCCOC)c([N+](=O)[O-])c1. The molecule has 0 unspecified atom stereocenters. The molecule has 1 amide bonds. The number of benzene rings is 1. The monoisotopic (exact) mass is 277 g/mol. The van der Waals surface area contributed by atoms with E-state index in [0.29, 0.717) is 18.8 Å². The number of carbonyl (C=O) groups is 1. The zero-order chi connectivity index (χ0) is 15.0. The smallest absolute Gasteiger partial charge is 0.293 e. The molecule has 0 aliphatic carbocycles. The van der Waals surface area contributed by atoms with Gasteiger partial charge in [-0.15, -0.1) is 6.42 Å². The van der Waals surface area contributed by atoms with Crippen LogP contribution in [0.25, 0.3) is 0 Å². The van der Waals surface area contributed by atoms with Crippen LogP contribution in [0.3, 0.4) is 0 Å². The lowest BCUT2D eigenvalue weighted by Crippen LogP contribution is -2.23. The van der Waals surface area contributed by atoms with Crippen LogP contribution in [0.2, 0.25) is 0 Å². The van der Waals surface area contributed by atoms with Crippen molar-refractivity contribution in [3.05, 3.63) is 33.9 Å². The molecule has 0 saturated carbocycles. The van der Waals surface area contributed by atoms with Crippen molar-refractivity contribution in [2.75, 3.05) is 32.1 Å². The number of carbonyl (C=O) groups excluding carboxylic acids is 1. The molecule has 0 bridgehead atoms. The summed E-state index contributed by atoms with van der Waals surface area (Å²) in [6.07, 6.45) is 5.03. The Morgan fingerprint density at radius 3 is 2.90 bits per heavy atom. The van der Waals surface area contributed by atoms with Crippen LogP contribution in [0.5, 0.6) is 0 Å². The van der Waals surface area contributed by atoms with Crippen molar-refractivity contribution < 1.29 is 14.5 Å². The molecule has 0 aliphatic heterocycles. The standard InChI is InChI=1S/C13H15N3O4/c1-3-6-15-13(17)10-4-5-11(14-7-8-20-2)12(9-10)16(18)19/h1,4-5,9,14H,6-8H2,2H3,(H,15,17). The molecular formula is C13H15N3O4. The van der Waals surface area contributed by atoms with Crippen LogP contribution in [0.1, 0.15) is 10.4 Å². The average Bonchev–Trinajstić information content (AvgIpc) is 2.45. The second-order valence-corrected chi connectivity index (χ2v) is 3.80. The van der Waals surface area contributed by atoms with Crippen molar-refractivity contribution in [2.45, 2.75) is 0 Å². The fraction of sp³-hybridized carbons (Fsp3) is 0.308. The number of nitrogens with one attached hydrogen (secondary N) is 2. The zero-order valence-electron chi connectivity index (χ0n) is 11.0. The topological polar surface area (TPSA) is 93.5 Å². The van der Waals surface area contributed by atoms with Gasteiger partial charge in [0.1, 0.15) is 5.69 Å². The third-order valence-corrected chi connectivity index (χ3v) is 2.43. The van der Waals surface area contributed by atoms with E-state index in [0.717, 1.165) is 0 Å². The van der Waals surface area contributed by atoms with Crippen molar-refractivity contribution in [3.8, 4) is 12.3 Å². The maximum Gasteiger partial charge on any atom is 0.293 e. The molecule has 20 heavy (non-hydrogen) atoms. The highest BCUT2D eigenvalue weighted by molar-refractivity contribution is 5.95. The fourth-order valence-electron chi connectivity index (χ4n) is 1.49. The molecule has 7 nitrogen and oxygen atoms in total. The highest BCUT2D eigenvalue weighted by Gasteiger charge is 2.17. The van der Waals surface area contributed by atoms with Crippen LogP contribution in [0.15, 0.2) is 18.2 Å². The first-order chi connectivity index (χ1) is 9.60. The highest BCUT2D eigenvalue weighted by atomic mass is 16.6. The van der Waals surface area contributed by atoms with Gasteiger partial charge < -0.3 is 15.4 Å². The Labute approximate surface area is 116 Å². The van der Waals surface area contributed by atoms with E-state index in [2.05, 4.69) is 16.6 Å². The Hall–Kier alpha value is -2.59. The van der Waals surface area contributed by atoms with Crippen molar-refractivity contribution in [2.24, 2.45) is 0 Å². The molecule has 0 atom stereocenters. The van der Waals surface area contributed by atoms with Crippen LogP contribution in [-0.4, -0.2) is 37.6 Å². The molecule has 0 aromatic heterocycles. The van der Waals surface area contributed by atoms with Crippen LogP contribution < -0.4 is 10.6 Å². The molecule has 1 aromatic carbocycles. The first-order valence-corrected chi connectivity index (χ1v) is 5.83.